The standard InChI is InChI=1S/C23H18F2N2O4S/c24-23(25)31-17-7-5-16(6-8-17)21(28)20(27-10-2-1-3-11-27)22(32)26-13-15-4-9-18-19(12-15)30-14-29-18/h1-12,23H,13-14H2,(H-,26,28,32)/p+1. The number of ether oxygens (including phenoxy) is 3. The van der Waals surface area contributed by atoms with Crippen LogP contribution in [0.25, 0.3) is 11.5 Å². The van der Waals surface area contributed by atoms with E-state index in [9.17, 15) is 13.9 Å². The molecule has 0 fully saturated rings. The summed E-state index contributed by atoms with van der Waals surface area (Å²) in [6.45, 7) is -2.34. The molecule has 1 aliphatic heterocycles. The Bertz CT molecular complexity index is 1140. The van der Waals surface area contributed by atoms with Crippen molar-refractivity contribution in [1.82, 2.24) is 5.32 Å². The molecule has 0 atom stereocenters. The highest BCUT2D eigenvalue weighted by atomic mass is 32.1. The Morgan fingerprint density at radius 3 is 2.50 bits per heavy atom. The summed E-state index contributed by atoms with van der Waals surface area (Å²) in [6.07, 6.45) is 3.49. The van der Waals surface area contributed by atoms with Crippen LogP contribution in [0.15, 0.2) is 73.1 Å². The first-order valence-corrected chi connectivity index (χ1v) is 10.0. The SMILES string of the molecule is OC(=C(C(=S)NCc1ccc2c(c1)OCO2)[n+]1ccccc1)c1ccc(OC(F)F)cc1. The summed E-state index contributed by atoms with van der Waals surface area (Å²) in [7, 11) is 0. The summed E-state index contributed by atoms with van der Waals surface area (Å²) in [5.41, 5.74) is 1.65. The average molecular weight is 457 g/mol. The molecule has 0 aliphatic carbocycles. The highest BCUT2D eigenvalue weighted by Crippen LogP contribution is 2.32. The maximum Gasteiger partial charge on any atom is 0.387 e. The van der Waals surface area contributed by atoms with Crippen molar-refractivity contribution in [3.8, 4) is 17.2 Å². The molecule has 0 amide bonds. The molecule has 6 nitrogen and oxygen atoms in total. The Kier molecular flexibility index (Phi) is 6.46. The molecule has 0 saturated heterocycles. The maximum atomic E-state index is 12.4. The predicted octanol–water partition coefficient (Wildman–Crippen LogP) is 4.31. The van der Waals surface area contributed by atoms with Crippen LogP contribution in [0.2, 0.25) is 0 Å². The van der Waals surface area contributed by atoms with Gasteiger partial charge in [-0.3, -0.25) is 0 Å². The van der Waals surface area contributed by atoms with E-state index in [1.54, 1.807) is 29.1 Å². The fraction of sp³-hybridized carbons (Fsp3) is 0.130. The van der Waals surface area contributed by atoms with Crippen molar-refractivity contribution in [2.45, 2.75) is 13.2 Å². The molecule has 1 aromatic heterocycles. The molecule has 32 heavy (non-hydrogen) atoms. The van der Waals surface area contributed by atoms with Crippen LogP contribution in [0.1, 0.15) is 11.1 Å². The van der Waals surface area contributed by atoms with Crippen molar-refractivity contribution in [2.75, 3.05) is 6.79 Å². The lowest BCUT2D eigenvalue weighted by Crippen LogP contribution is -2.40. The number of nitrogens with zero attached hydrogens (tertiary/aromatic N) is 1. The van der Waals surface area contributed by atoms with E-state index in [1.807, 2.05) is 24.3 Å². The lowest BCUT2D eigenvalue weighted by atomic mass is 10.1. The summed E-state index contributed by atoms with van der Waals surface area (Å²) in [5.74, 6) is 1.23. The molecule has 0 spiro atoms. The molecule has 0 unspecified atom stereocenters. The lowest BCUT2D eigenvalue weighted by Gasteiger charge is -2.11. The molecule has 9 heteroatoms. The normalized spacial score (nSPS) is 13.0. The minimum atomic E-state index is -2.92. The van der Waals surface area contributed by atoms with E-state index in [-0.39, 0.29) is 18.3 Å². The van der Waals surface area contributed by atoms with Gasteiger partial charge in [0.2, 0.25) is 6.79 Å². The first-order valence-electron chi connectivity index (χ1n) is 9.63. The molecule has 4 rings (SSSR count). The molecule has 2 N–H and O–H groups in total. The van der Waals surface area contributed by atoms with Crippen LogP contribution in [-0.2, 0) is 6.54 Å². The maximum absolute atomic E-state index is 12.4. The Morgan fingerprint density at radius 1 is 1.06 bits per heavy atom. The lowest BCUT2D eigenvalue weighted by molar-refractivity contribution is -0.576. The van der Waals surface area contributed by atoms with E-state index in [0.717, 1.165) is 5.56 Å². The second-order valence-electron chi connectivity index (χ2n) is 6.75. The van der Waals surface area contributed by atoms with Crippen molar-refractivity contribution in [1.29, 1.82) is 0 Å². The van der Waals surface area contributed by atoms with Crippen molar-refractivity contribution in [2.24, 2.45) is 0 Å². The van der Waals surface area contributed by atoms with Gasteiger partial charge < -0.3 is 24.6 Å². The molecule has 0 radical (unpaired) electrons. The summed E-state index contributed by atoms with van der Waals surface area (Å²) < 4.78 is 41.6. The second-order valence-corrected chi connectivity index (χ2v) is 7.16. The molecule has 0 saturated carbocycles. The number of benzene rings is 2. The average Bonchev–Trinajstić information content (AvgIpc) is 3.26. The van der Waals surface area contributed by atoms with E-state index >= 15 is 0 Å². The van der Waals surface area contributed by atoms with Gasteiger partial charge in [0.1, 0.15) is 5.75 Å². The van der Waals surface area contributed by atoms with Crippen molar-refractivity contribution < 1.29 is 32.7 Å². The summed E-state index contributed by atoms with van der Waals surface area (Å²) in [4.78, 5) is 0.296. The number of nitrogens with one attached hydrogen (secondary N) is 1. The molecular weight excluding hydrogens is 438 g/mol. The van der Waals surface area contributed by atoms with Gasteiger partial charge in [0.15, 0.2) is 34.6 Å². The minimum Gasteiger partial charge on any atom is -0.502 e. The highest BCUT2D eigenvalue weighted by molar-refractivity contribution is 7.81. The molecule has 3 aromatic rings. The van der Waals surface area contributed by atoms with E-state index in [2.05, 4.69) is 10.1 Å². The summed E-state index contributed by atoms with van der Waals surface area (Å²) in [5, 5.41) is 14.2. The van der Waals surface area contributed by atoms with Crippen LogP contribution in [0.4, 0.5) is 8.78 Å². The number of aromatic nitrogens is 1. The van der Waals surface area contributed by atoms with Crippen molar-refractivity contribution >= 4 is 28.7 Å². The van der Waals surface area contributed by atoms with Gasteiger partial charge >= 0.3 is 6.61 Å². The van der Waals surface area contributed by atoms with Crippen molar-refractivity contribution in [3.05, 3.63) is 84.2 Å². The first-order chi connectivity index (χ1) is 15.5. The van der Waals surface area contributed by atoms with Gasteiger partial charge in [-0.15, -0.1) is 0 Å². The Balaban J connectivity index is 1.59. The van der Waals surface area contributed by atoms with Crippen LogP contribution in [0.3, 0.4) is 0 Å². The van der Waals surface area contributed by atoms with Gasteiger partial charge in [-0.2, -0.15) is 13.3 Å². The zero-order chi connectivity index (χ0) is 22.5. The van der Waals surface area contributed by atoms with E-state index in [4.69, 9.17) is 21.7 Å². The van der Waals surface area contributed by atoms with Crippen LogP contribution in [0.5, 0.6) is 17.2 Å². The van der Waals surface area contributed by atoms with Gasteiger partial charge in [0, 0.05) is 24.2 Å². The fourth-order valence-corrected chi connectivity index (χ4v) is 3.42. The van der Waals surface area contributed by atoms with Crippen LogP contribution < -0.4 is 24.1 Å². The molecule has 0 bridgehead atoms. The number of hydrogen-bond donors (Lipinski definition) is 2. The number of aliphatic hydroxyl groups excluding tert-OH is 1. The molecule has 164 valence electrons. The number of thiocarbonyl (C=S) groups is 1. The number of pyridine rings is 1. The van der Waals surface area contributed by atoms with Crippen LogP contribution in [0, 0.1) is 0 Å². The predicted molar refractivity (Wildman–Crippen MR) is 117 cm³/mol. The van der Waals surface area contributed by atoms with Gasteiger partial charge in [-0.05, 0) is 42.0 Å². The quantitative estimate of drug-likeness (QED) is 0.239. The van der Waals surface area contributed by atoms with Crippen LogP contribution in [-0.4, -0.2) is 23.5 Å². The van der Waals surface area contributed by atoms with Gasteiger partial charge in [0.25, 0.3) is 5.70 Å². The third-order valence-corrected chi connectivity index (χ3v) is 4.99. The number of hydrogen-bond acceptors (Lipinski definition) is 5. The second kappa shape index (κ2) is 9.61. The minimum absolute atomic E-state index is 0.00558. The van der Waals surface area contributed by atoms with Gasteiger partial charge in [-0.1, -0.05) is 24.4 Å². The number of halogens is 2. The third-order valence-electron chi connectivity index (χ3n) is 4.66. The molecule has 1 aliphatic rings. The van der Waals surface area contributed by atoms with Gasteiger partial charge in [-0.25, -0.2) is 0 Å². The topological polar surface area (TPSA) is 63.8 Å². The zero-order valence-electron chi connectivity index (χ0n) is 16.7. The number of aliphatic hydroxyl groups is 1. The fourth-order valence-electron chi connectivity index (χ4n) is 3.14. The van der Waals surface area contributed by atoms with E-state index < -0.39 is 6.61 Å². The Labute approximate surface area is 188 Å². The Morgan fingerprint density at radius 2 is 1.78 bits per heavy atom. The van der Waals surface area contributed by atoms with E-state index in [0.29, 0.717) is 34.3 Å². The number of fused-ring (bicyclic) bond motifs is 1. The first kappa shape index (κ1) is 21.5. The highest BCUT2D eigenvalue weighted by Gasteiger charge is 2.24. The Hall–Kier alpha value is -3.72. The van der Waals surface area contributed by atoms with E-state index in [1.165, 1.54) is 24.3 Å². The van der Waals surface area contributed by atoms with Crippen molar-refractivity contribution in [3.63, 3.8) is 0 Å². The number of rotatable bonds is 7. The van der Waals surface area contributed by atoms with Gasteiger partial charge in [0.05, 0.1) is 0 Å². The smallest absolute Gasteiger partial charge is 0.387 e. The summed E-state index contributed by atoms with van der Waals surface area (Å²) in [6, 6.07) is 16.7. The zero-order valence-corrected chi connectivity index (χ0v) is 17.5. The molecular formula is C23H19F2N2O4S+. The summed E-state index contributed by atoms with van der Waals surface area (Å²) >= 11 is 5.59. The largest absolute Gasteiger partial charge is 0.502 e. The monoisotopic (exact) mass is 457 g/mol. The third kappa shape index (κ3) is 4.94. The number of alkyl halides is 2. The molecule has 2 aromatic carbocycles. The van der Waals surface area contributed by atoms with Crippen LogP contribution >= 0.6 is 12.2 Å². The molecule has 2 heterocycles.